The summed E-state index contributed by atoms with van der Waals surface area (Å²) in [5.41, 5.74) is 1.63. The maximum absolute atomic E-state index is 6.08. The van der Waals surface area contributed by atoms with Gasteiger partial charge in [-0.15, -0.1) is 0 Å². The maximum atomic E-state index is 6.08. The molecule has 20 heavy (non-hydrogen) atoms. The molecular formula is C17H27Cl2N. The Hall–Kier alpha value is -0.240. The van der Waals surface area contributed by atoms with Gasteiger partial charge in [0.15, 0.2) is 0 Å². The van der Waals surface area contributed by atoms with Crippen molar-refractivity contribution in [1.82, 2.24) is 5.32 Å². The molecule has 3 heteroatoms. The van der Waals surface area contributed by atoms with Gasteiger partial charge in [0.1, 0.15) is 0 Å². The molecule has 0 amide bonds. The van der Waals surface area contributed by atoms with E-state index in [2.05, 4.69) is 39.1 Å². The van der Waals surface area contributed by atoms with Crippen molar-refractivity contribution in [2.24, 2.45) is 11.3 Å². The zero-order chi connectivity index (χ0) is 15.3. The Bertz CT molecular complexity index is 423. The molecule has 0 saturated heterocycles. The molecule has 1 nitrogen and oxygen atoms in total. The lowest BCUT2D eigenvalue weighted by Crippen LogP contribution is -2.30. The first-order valence-electron chi connectivity index (χ1n) is 7.32. The molecule has 0 fully saturated rings. The van der Waals surface area contributed by atoms with E-state index < -0.39 is 0 Å². The van der Waals surface area contributed by atoms with Gasteiger partial charge in [0, 0.05) is 6.04 Å². The summed E-state index contributed by atoms with van der Waals surface area (Å²) >= 11 is 12.0. The Balaban J connectivity index is 2.60. The van der Waals surface area contributed by atoms with Crippen LogP contribution < -0.4 is 5.32 Å². The standard InChI is InChI=1S/C17H27Cl2N/c1-12(11-17(2,3)4)8-14(20-5)9-13-6-7-15(18)16(19)10-13/h6-7,10,12,14,20H,8-9,11H2,1-5H3. The normalized spacial score (nSPS) is 15.2. The Labute approximate surface area is 134 Å². The predicted molar refractivity (Wildman–Crippen MR) is 90.9 cm³/mol. The van der Waals surface area contributed by atoms with Crippen LogP contribution in [-0.2, 0) is 6.42 Å². The minimum absolute atomic E-state index is 0.390. The molecule has 0 aliphatic carbocycles. The van der Waals surface area contributed by atoms with Crippen LogP contribution in [0.1, 0.15) is 46.1 Å². The zero-order valence-electron chi connectivity index (χ0n) is 13.3. The van der Waals surface area contributed by atoms with Crippen molar-refractivity contribution in [3.8, 4) is 0 Å². The molecular weight excluding hydrogens is 289 g/mol. The molecule has 0 radical (unpaired) electrons. The third-order valence-electron chi connectivity index (χ3n) is 3.52. The number of rotatable bonds is 6. The van der Waals surface area contributed by atoms with E-state index in [1.54, 1.807) is 0 Å². The molecule has 0 aromatic heterocycles. The summed E-state index contributed by atoms with van der Waals surface area (Å²) < 4.78 is 0. The first-order valence-corrected chi connectivity index (χ1v) is 8.08. The fourth-order valence-corrected chi connectivity index (χ4v) is 3.19. The van der Waals surface area contributed by atoms with Crippen molar-refractivity contribution < 1.29 is 0 Å². The molecule has 2 atom stereocenters. The largest absolute Gasteiger partial charge is 0.317 e. The average molecular weight is 316 g/mol. The minimum atomic E-state index is 0.390. The second-order valence-electron chi connectivity index (χ2n) is 7.04. The van der Waals surface area contributed by atoms with Gasteiger partial charge < -0.3 is 5.32 Å². The monoisotopic (exact) mass is 315 g/mol. The van der Waals surface area contributed by atoms with Crippen LogP contribution in [0.2, 0.25) is 10.0 Å². The molecule has 0 spiro atoms. The smallest absolute Gasteiger partial charge is 0.0595 e. The van der Waals surface area contributed by atoms with Crippen molar-refractivity contribution in [2.75, 3.05) is 7.05 Å². The van der Waals surface area contributed by atoms with E-state index in [1.165, 1.54) is 18.4 Å². The van der Waals surface area contributed by atoms with Gasteiger partial charge in [-0.05, 0) is 55.3 Å². The summed E-state index contributed by atoms with van der Waals surface area (Å²) in [4.78, 5) is 0. The molecule has 1 N–H and O–H groups in total. The second-order valence-corrected chi connectivity index (χ2v) is 7.86. The van der Waals surface area contributed by atoms with E-state index in [4.69, 9.17) is 23.2 Å². The van der Waals surface area contributed by atoms with Crippen molar-refractivity contribution in [1.29, 1.82) is 0 Å². The van der Waals surface area contributed by atoms with Crippen LogP contribution >= 0.6 is 23.2 Å². The van der Waals surface area contributed by atoms with Gasteiger partial charge in [0.25, 0.3) is 0 Å². The number of halogens is 2. The minimum Gasteiger partial charge on any atom is -0.317 e. The highest BCUT2D eigenvalue weighted by Crippen LogP contribution is 2.28. The number of hydrogen-bond donors (Lipinski definition) is 1. The Morgan fingerprint density at radius 3 is 2.30 bits per heavy atom. The quantitative estimate of drug-likeness (QED) is 0.721. The number of nitrogens with one attached hydrogen (secondary N) is 1. The number of benzene rings is 1. The van der Waals surface area contributed by atoms with E-state index in [1.807, 2.05) is 19.2 Å². The van der Waals surface area contributed by atoms with Crippen LogP contribution in [0, 0.1) is 11.3 Å². The SMILES string of the molecule is CNC(Cc1ccc(Cl)c(Cl)c1)CC(C)CC(C)(C)C. The topological polar surface area (TPSA) is 12.0 Å². The van der Waals surface area contributed by atoms with Gasteiger partial charge in [-0.2, -0.15) is 0 Å². The molecule has 1 rings (SSSR count). The van der Waals surface area contributed by atoms with Gasteiger partial charge >= 0.3 is 0 Å². The molecule has 0 heterocycles. The van der Waals surface area contributed by atoms with E-state index >= 15 is 0 Å². The second kappa shape index (κ2) is 7.68. The lowest BCUT2D eigenvalue weighted by atomic mass is 9.82. The van der Waals surface area contributed by atoms with E-state index in [0.717, 1.165) is 6.42 Å². The summed E-state index contributed by atoms with van der Waals surface area (Å²) in [6.07, 6.45) is 3.41. The fraction of sp³-hybridized carbons (Fsp3) is 0.647. The Morgan fingerprint density at radius 1 is 1.15 bits per heavy atom. The van der Waals surface area contributed by atoms with Crippen molar-refractivity contribution in [2.45, 2.75) is 53.0 Å². The molecule has 0 saturated carbocycles. The Morgan fingerprint density at radius 2 is 1.80 bits per heavy atom. The number of likely N-dealkylation sites (N-methyl/N-ethyl adjacent to an activating group) is 1. The van der Waals surface area contributed by atoms with Gasteiger partial charge in [-0.25, -0.2) is 0 Å². The molecule has 0 aliphatic rings. The van der Waals surface area contributed by atoms with Gasteiger partial charge in [-0.3, -0.25) is 0 Å². The van der Waals surface area contributed by atoms with E-state index in [-0.39, 0.29) is 0 Å². The van der Waals surface area contributed by atoms with Crippen LogP contribution in [-0.4, -0.2) is 13.1 Å². The van der Waals surface area contributed by atoms with Gasteiger partial charge in [0.2, 0.25) is 0 Å². The average Bonchev–Trinajstić information content (AvgIpc) is 2.30. The fourth-order valence-electron chi connectivity index (χ4n) is 2.87. The van der Waals surface area contributed by atoms with Crippen LogP contribution in [0.15, 0.2) is 18.2 Å². The van der Waals surface area contributed by atoms with Gasteiger partial charge in [0.05, 0.1) is 10.0 Å². The molecule has 0 bridgehead atoms. The van der Waals surface area contributed by atoms with E-state index in [0.29, 0.717) is 27.4 Å². The van der Waals surface area contributed by atoms with E-state index in [9.17, 15) is 0 Å². The van der Waals surface area contributed by atoms with Crippen molar-refractivity contribution >= 4 is 23.2 Å². The van der Waals surface area contributed by atoms with Crippen LogP contribution in [0.3, 0.4) is 0 Å². The van der Waals surface area contributed by atoms with Crippen LogP contribution in [0.5, 0.6) is 0 Å². The van der Waals surface area contributed by atoms with Crippen molar-refractivity contribution in [3.05, 3.63) is 33.8 Å². The molecule has 0 aliphatic heterocycles. The highest BCUT2D eigenvalue weighted by Gasteiger charge is 2.18. The third kappa shape index (κ3) is 6.47. The first-order chi connectivity index (χ1) is 9.21. The number of hydrogen-bond acceptors (Lipinski definition) is 1. The van der Waals surface area contributed by atoms with Crippen LogP contribution in [0.25, 0.3) is 0 Å². The summed E-state index contributed by atoms with van der Waals surface area (Å²) in [6.45, 7) is 9.25. The first kappa shape index (κ1) is 17.8. The summed E-state index contributed by atoms with van der Waals surface area (Å²) in [6, 6.07) is 6.39. The maximum Gasteiger partial charge on any atom is 0.0595 e. The Kier molecular flexibility index (Phi) is 6.84. The summed E-state index contributed by atoms with van der Waals surface area (Å²) in [5, 5.41) is 4.69. The summed E-state index contributed by atoms with van der Waals surface area (Å²) in [7, 11) is 2.03. The molecule has 114 valence electrons. The summed E-state index contributed by atoms with van der Waals surface area (Å²) in [5.74, 6) is 0.704. The lowest BCUT2D eigenvalue weighted by molar-refractivity contribution is 0.277. The lowest BCUT2D eigenvalue weighted by Gasteiger charge is -2.26. The highest BCUT2D eigenvalue weighted by molar-refractivity contribution is 6.42. The molecule has 1 aromatic rings. The van der Waals surface area contributed by atoms with Crippen LogP contribution in [0.4, 0.5) is 0 Å². The molecule has 2 unspecified atom stereocenters. The highest BCUT2D eigenvalue weighted by atomic mass is 35.5. The third-order valence-corrected chi connectivity index (χ3v) is 4.26. The predicted octanol–water partition coefficient (Wildman–Crippen LogP) is 5.59. The van der Waals surface area contributed by atoms with Gasteiger partial charge in [-0.1, -0.05) is 57.0 Å². The zero-order valence-corrected chi connectivity index (χ0v) is 14.8. The van der Waals surface area contributed by atoms with Crippen molar-refractivity contribution in [3.63, 3.8) is 0 Å². The molecule has 1 aromatic carbocycles.